The third-order valence-corrected chi connectivity index (χ3v) is 5.71. The van der Waals surface area contributed by atoms with Crippen LogP contribution in [0.2, 0.25) is 10.0 Å². The lowest BCUT2D eigenvalue weighted by molar-refractivity contribution is 0.0954. The van der Waals surface area contributed by atoms with Crippen LogP contribution in [0.4, 0.5) is 11.4 Å². The molecule has 0 radical (unpaired) electrons. The quantitative estimate of drug-likeness (QED) is 0.500. The minimum absolute atomic E-state index is 0.180. The van der Waals surface area contributed by atoms with E-state index in [1.165, 1.54) is 5.56 Å². The Bertz CT molecular complexity index is 1150. The summed E-state index contributed by atoms with van der Waals surface area (Å²) in [6.07, 6.45) is 1.22. The first kappa shape index (κ1) is 20.3. The van der Waals surface area contributed by atoms with E-state index in [0.717, 1.165) is 35.5 Å². The highest BCUT2D eigenvalue weighted by molar-refractivity contribution is 6.35. The van der Waals surface area contributed by atoms with E-state index < -0.39 is 0 Å². The number of fused-ring (bicyclic) bond motifs is 1. The van der Waals surface area contributed by atoms with Crippen molar-refractivity contribution in [3.63, 3.8) is 0 Å². The van der Waals surface area contributed by atoms with Crippen LogP contribution < -0.4 is 10.2 Å². The van der Waals surface area contributed by atoms with Crippen LogP contribution in [0.25, 0.3) is 11.1 Å². The summed E-state index contributed by atoms with van der Waals surface area (Å²) in [4.78, 5) is 14.5. The van der Waals surface area contributed by atoms with Gasteiger partial charge in [0.15, 0.2) is 0 Å². The molecule has 1 N–H and O–H groups in total. The summed E-state index contributed by atoms with van der Waals surface area (Å²) in [6, 6.07) is 21.3. The van der Waals surface area contributed by atoms with Crippen molar-refractivity contribution >= 4 is 40.5 Å². The Hall–Kier alpha value is -3.00. The molecule has 0 saturated heterocycles. The van der Waals surface area contributed by atoms with Gasteiger partial charge < -0.3 is 10.2 Å². The van der Waals surface area contributed by atoms with E-state index >= 15 is 0 Å². The zero-order valence-electron chi connectivity index (χ0n) is 16.2. The van der Waals surface area contributed by atoms with Crippen LogP contribution in [0.1, 0.15) is 22.3 Å². The number of hydrogen-bond acceptors (Lipinski definition) is 3. The van der Waals surface area contributed by atoms with E-state index in [-0.39, 0.29) is 12.3 Å². The number of benzene rings is 3. The number of carbonyl (C=O) groups excluding carboxylic acids is 1. The first-order valence-corrected chi connectivity index (χ1v) is 10.4. The third-order valence-electron chi connectivity index (χ3n) is 5.16. The average Bonchev–Trinajstić information content (AvgIpc) is 3.18. The molecule has 0 spiro atoms. The molecule has 1 heterocycles. The molecule has 1 amide bonds. The zero-order valence-corrected chi connectivity index (χ0v) is 17.7. The summed E-state index contributed by atoms with van der Waals surface area (Å²) in [7, 11) is 0. The Morgan fingerprint density at radius 3 is 2.70 bits per heavy atom. The molecule has 1 aliphatic rings. The van der Waals surface area contributed by atoms with Gasteiger partial charge in [0.25, 0.3) is 5.91 Å². The molecule has 0 atom stereocenters. The van der Waals surface area contributed by atoms with Crippen molar-refractivity contribution in [2.24, 2.45) is 0 Å². The Labute approximate surface area is 185 Å². The van der Waals surface area contributed by atoms with Crippen LogP contribution in [-0.2, 0) is 6.42 Å². The lowest BCUT2D eigenvalue weighted by Crippen LogP contribution is -2.24. The third kappa shape index (κ3) is 4.14. The Kier molecular flexibility index (Phi) is 5.94. The molecule has 30 heavy (non-hydrogen) atoms. The minimum Gasteiger partial charge on any atom is -0.351 e. The van der Waals surface area contributed by atoms with Crippen molar-refractivity contribution in [1.29, 1.82) is 5.26 Å². The largest absolute Gasteiger partial charge is 0.351 e. The summed E-state index contributed by atoms with van der Waals surface area (Å²) < 4.78 is 0. The summed E-state index contributed by atoms with van der Waals surface area (Å²) in [5, 5.41) is 12.7. The van der Waals surface area contributed by atoms with E-state index in [4.69, 9.17) is 28.5 Å². The van der Waals surface area contributed by atoms with Crippen LogP contribution in [-0.4, -0.2) is 19.0 Å². The van der Waals surface area contributed by atoms with Gasteiger partial charge in [-0.15, -0.1) is 0 Å². The summed E-state index contributed by atoms with van der Waals surface area (Å²) in [5.74, 6) is -0.180. The van der Waals surface area contributed by atoms with E-state index in [1.54, 1.807) is 12.1 Å². The fraction of sp³-hybridized carbons (Fsp3) is 0.167. The van der Waals surface area contributed by atoms with Gasteiger partial charge in [0.05, 0.1) is 23.2 Å². The molecular formula is C24H19Cl2N3O. The smallest absolute Gasteiger partial charge is 0.251 e. The van der Waals surface area contributed by atoms with Gasteiger partial charge in [-0.05, 0) is 59.5 Å². The van der Waals surface area contributed by atoms with Gasteiger partial charge in [0.2, 0.25) is 0 Å². The number of amides is 1. The molecule has 1 aliphatic heterocycles. The molecule has 0 bridgehead atoms. The second-order valence-corrected chi connectivity index (χ2v) is 7.93. The number of rotatable bonds is 5. The number of halogens is 2. The summed E-state index contributed by atoms with van der Waals surface area (Å²) in [5.41, 5.74) is 5.78. The van der Waals surface area contributed by atoms with Gasteiger partial charge in [-0.2, -0.15) is 5.26 Å². The van der Waals surface area contributed by atoms with Gasteiger partial charge in [-0.1, -0.05) is 47.5 Å². The summed E-state index contributed by atoms with van der Waals surface area (Å²) >= 11 is 12.6. The highest BCUT2D eigenvalue weighted by Gasteiger charge is 2.23. The fourth-order valence-corrected chi connectivity index (χ4v) is 4.06. The summed E-state index contributed by atoms with van der Waals surface area (Å²) in [6.45, 7) is 1.17. The monoisotopic (exact) mass is 435 g/mol. The van der Waals surface area contributed by atoms with Crippen LogP contribution in [0, 0.1) is 11.3 Å². The Morgan fingerprint density at radius 2 is 1.87 bits per heavy atom. The SMILES string of the molecule is N#CCCNC(=O)c1cccc(-c2ccc3c(c2)N(c2cc(Cl)ccc2Cl)CC3)c1. The molecule has 150 valence electrons. The molecule has 0 aromatic heterocycles. The van der Waals surface area contributed by atoms with E-state index in [0.29, 0.717) is 22.2 Å². The van der Waals surface area contributed by atoms with Gasteiger partial charge in [-0.3, -0.25) is 4.79 Å². The van der Waals surface area contributed by atoms with Crippen LogP contribution in [0.5, 0.6) is 0 Å². The van der Waals surface area contributed by atoms with Crippen molar-refractivity contribution in [2.45, 2.75) is 12.8 Å². The van der Waals surface area contributed by atoms with Gasteiger partial charge in [0.1, 0.15) is 0 Å². The average molecular weight is 436 g/mol. The second kappa shape index (κ2) is 8.79. The second-order valence-electron chi connectivity index (χ2n) is 7.09. The Balaban J connectivity index is 1.65. The van der Waals surface area contributed by atoms with E-state index in [9.17, 15) is 4.79 Å². The number of nitrogens with zero attached hydrogens (tertiary/aromatic N) is 2. The predicted molar refractivity (Wildman–Crippen MR) is 122 cm³/mol. The fourth-order valence-electron chi connectivity index (χ4n) is 3.68. The molecular weight excluding hydrogens is 417 g/mol. The number of carbonyl (C=O) groups is 1. The molecule has 3 aromatic carbocycles. The molecule has 4 nitrogen and oxygen atoms in total. The number of anilines is 2. The Morgan fingerprint density at radius 1 is 1.03 bits per heavy atom. The first-order valence-electron chi connectivity index (χ1n) is 9.68. The molecule has 0 aliphatic carbocycles. The lowest BCUT2D eigenvalue weighted by Gasteiger charge is -2.22. The maximum absolute atomic E-state index is 12.3. The van der Waals surface area contributed by atoms with Crippen molar-refractivity contribution in [3.8, 4) is 17.2 Å². The van der Waals surface area contributed by atoms with Crippen LogP contribution in [0.3, 0.4) is 0 Å². The molecule has 4 rings (SSSR count). The van der Waals surface area contributed by atoms with Crippen molar-refractivity contribution in [3.05, 3.63) is 81.8 Å². The van der Waals surface area contributed by atoms with Crippen molar-refractivity contribution < 1.29 is 4.79 Å². The molecule has 6 heteroatoms. The maximum atomic E-state index is 12.3. The minimum atomic E-state index is -0.180. The van der Waals surface area contributed by atoms with Crippen LogP contribution >= 0.6 is 23.2 Å². The lowest BCUT2D eigenvalue weighted by atomic mass is 10.00. The highest BCUT2D eigenvalue weighted by Crippen LogP contribution is 2.41. The number of nitrogens with one attached hydrogen (secondary N) is 1. The standard InChI is InChI=1S/C24H19Cl2N3O/c25-20-7-8-21(26)23(15-20)29-12-9-16-5-6-18(14-22(16)29)17-3-1-4-19(13-17)24(30)28-11-2-10-27/h1,3-8,13-15H,2,9,11-12H2,(H,28,30). The van der Waals surface area contributed by atoms with Crippen molar-refractivity contribution in [1.82, 2.24) is 5.32 Å². The molecule has 0 unspecified atom stereocenters. The zero-order chi connectivity index (χ0) is 21.1. The van der Waals surface area contributed by atoms with Crippen LogP contribution in [0.15, 0.2) is 60.7 Å². The van der Waals surface area contributed by atoms with Crippen molar-refractivity contribution in [2.75, 3.05) is 18.0 Å². The van der Waals surface area contributed by atoms with E-state index in [1.807, 2.05) is 36.4 Å². The molecule has 0 saturated carbocycles. The van der Waals surface area contributed by atoms with E-state index in [2.05, 4.69) is 28.4 Å². The number of hydrogen-bond donors (Lipinski definition) is 1. The van der Waals surface area contributed by atoms with Gasteiger partial charge in [-0.25, -0.2) is 0 Å². The molecule has 0 fully saturated rings. The number of nitriles is 1. The maximum Gasteiger partial charge on any atom is 0.251 e. The normalized spacial score (nSPS) is 12.4. The topological polar surface area (TPSA) is 56.1 Å². The highest BCUT2D eigenvalue weighted by atomic mass is 35.5. The van der Waals surface area contributed by atoms with Gasteiger partial charge in [0, 0.05) is 29.4 Å². The molecule has 3 aromatic rings. The predicted octanol–water partition coefficient (Wildman–Crippen LogP) is 6.00. The first-order chi connectivity index (χ1) is 14.6. The van der Waals surface area contributed by atoms with Gasteiger partial charge >= 0.3 is 0 Å².